The number of nitrogens with zero attached hydrogens (tertiary/aromatic N) is 1. The SMILES string of the molecule is COc1ccc(C2CCCCCN2C(=O)C2CCCO2)cc1. The molecule has 2 aliphatic rings. The van der Waals surface area contributed by atoms with E-state index < -0.39 is 0 Å². The lowest BCUT2D eigenvalue weighted by atomic mass is 10.00. The molecule has 22 heavy (non-hydrogen) atoms. The van der Waals surface area contributed by atoms with E-state index in [1.54, 1.807) is 7.11 Å². The molecule has 0 aliphatic carbocycles. The Morgan fingerprint density at radius 3 is 2.64 bits per heavy atom. The quantitative estimate of drug-likeness (QED) is 0.860. The average molecular weight is 303 g/mol. The monoisotopic (exact) mass is 303 g/mol. The number of methoxy groups -OCH3 is 1. The lowest BCUT2D eigenvalue weighted by molar-refractivity contribution is -0.143. The number of carbonyl (C=O) groups is 1. The molecule has 1 aromatic carbocycles. The lowest BCUT2D eigenvalue weighted by Gasteiger charge is -2.32. The van der Waals surface area contributed by atoms with Crippen LogP contribution < -0.4 is 4.74 Å². The van der Waals surface area contributed by atoms with Crippen LogP contribution in [0.1, 0.15) is 50.1 Å². The molecule has 4 heteroatoms. The Balaban J connectivity index is 1.81. The summed E-state index contributed by atoms with van der Waals surface area (Å²) in [5, 5.41) is 0. The zero-order valence-corrected chi connectivity index (χ0v) is 13.3. The first-order valence-corrected chi connectivity index (χ1v) is 8.35. The first kappa shape index (κ1) is 15.3. The molecule has 2 fully saturated rings. The van der Waals surface area contributed by atoms with E-state index in [2.05, 4.69) is 17.0 Å². The van der Waals surface area contributed by atoms with Crippen molar-refractivity contribution in [1.82, 2.24) is 4.90 Å². The number of carbonyl (C=O) groups excluding carboxylic acids is 1. The number of amides is 1. The summed E-state index contributed by atoms with van der Waals surface area (Å²) < 4.78 is 10.9. The molecule has 0 saturated carbocycles. The van der Waals surface area contributed by atoms with Gasteiger partial charge in [0.1, 0.15) is 11.9 Å². The summed E-state index contributed by atoms with van der Waals surface area (Å²) in [6.45, 7) is 1.56. The Morgan fingerprint density at radius 1 is 1.14 bits per heavy atom. The van der Waals surface area contributed by atoms with E-state index >= 15 is 0 Å². The molecule has 0 spiro atoms. The fourth-order valence-corrected chi connectivity index (χ4v) is 3.50. The van der Waals surface area contributed by atoms with Gasteiger partial charge in [-0.05, 0) is 43.4 Å². The topological polar surface area (TPSA) is 38.8 Å². The molecule has 3 rings (SSSR count). The fourth-order valence-electron chi connectivity index (χ4n) is 3.50. The van der Waals surface area contributed by atoms with Crippen LogP contribution in [0.15, 0.2) is 24.3 Å². The number of ether oxygens (including phenoxy) is 2. The zero-order valence-electron chi connectivity index (χ0n) is 13.3. The van der Waals surface area contributed by atoms with Gasteiger partial charge in [0, 0.05) is 13.2 Å². The number of rotatable bonds is 3. The maximum absolute atomic E-state index is 12.8. The second kappa shape index (κ2) is 7.14. The van der Waals surface area contributed by atoms with Gasteiger partial charge in [-0.25, -0.2) is 0 Å². The van der Waals surface area contributed by atoms with E-state index in [1.807, 2.05) is 12.1 Å². The second-order valence-electron chi connectivity index (χ2n) is 6.17. The highest BCUT2D eigenvalue weighted by atomic mass is 16.5. The van der Waals surface area contributed by atoms with Crippen molar-refractivity contribution < 1.29 is 14.3 Å². The second-order valence-corrected chi connectivity index (χ2v) is 6.17. The smallest absolute Gasteiger partial charge is 0.252 e. The molecular weight excluding hydrogens is 278 g/mol. The summed E-state index contributed by atoms with van der Waals surface area (Å²) >= 11 is 0. The number of hydrogen-bond donors (Lipinski definition) is 0. The molecule has 2 aliphatic heterocycles. The first-order chi connectivity index (χ1) is 10.8. The van der Waals surface area contributed by atoms with Crippen LogP contribution >= 0.6 is 0 Å². The Labute approximate surface area is 132 Å². The molecule has 120 valence electrons. The van der Waals surface area contributed by atoms with Crippen molar-refractivity contribution in [2.75, 3.05) is 20.3 Å². The molecule has 1 amide bonds. The minimum atomic E-state index is -0.223. The van der Waals surface area contributed by atoms with E-state index in [4.69, 9.17) is 9.47 Å². The predicted molar refractivity (Wildman–Crippen MR) is 84.9 cm³/mol. The summed E-state index contributed by atoms with van der Waals surface area (Å²) in [7, 11) is 1.67. The molecule has 0 bridgehead atoms. The highest BCUT2D eigenvalue weighted by Crippen LogP contribution is 2.32. The normalized spacial score (nSPS) is 25.8. The van der Waals surface area contributed by atoms with Crippen molar-refractivity contribution in [2.24, 2.45) is 0 Å². The fraction of sp³-hybridized carbons (Fsp3) is 0.611. The predicted octanol–water partition coefficient (Wildman–Crippen LogP) is 3.32. The van der Waals surface area contributed by atoms with E-state index in [0.717, 1.165) is 44.6 Å². The number of likely N-dealkylation sites (tertiary alicyclic amines) is 1. The van der Waals surface area contributed by atoms with Gasteiger partial charge < -0.3 is 14.4 Å². The van der Waals surface area contributed by atoms with Crippen LogP contribution in [0.2, 0.25) is 0 Å². The lowest BCUT2D eigenvalue weighted by Crippen LogP contribution is -2.41. The van der Waals surface area contributed by atoms with Gasteiger partial charge in [-0.1, -0.05) is 25.0 Å². The van der Waals surface area contributed by atoms with Gasteiger partial charge in [-0.3, -0.25) is 4.79 Å². The van der Waals surface area contributed by atoms with Gasteiger partial charge in [0.15, 0.2) is 0 Å². The maximum atomic E-state index is 12.8. The molecular formula is C18H25NO3. The van der Waals surface area contributed by atoms with Crippen LogP contribution in [0.3, 0.4) is 0 Å². The largest absolute Gasteiger partial charge is 0.497 e. The van der Waals surface area contributed by atoms with Gasteiger partial charge in [0.25, 0.3) is 5.91 Å². The van der Waals surface area contributed by atoms with E-state index in [1.165, 1.54) is 18.4 Å². The summed E-state index contributed by atoms with van der Waals surface area (Å²) in [4.78, 5) is 14.9. The average Bonchev–Trinajstić information content (AvgIpc) is 2.99. The summed E-state index contributed by atoms with van der Waals surface area (Å²) in [6.07, 6.45) is 6.13. The Kier molecular flexibility index (Phi) is 4.98. The molecule has 2 saturated heterocycles. The highest BCUT2D eigenvalue weighted by molar-refractivity contribution is 5.81. The van der Waals surface area contributed by atoms with Crippen molar-refractivity contribution in [2.45, 2.75) is 50.7 Å². The Morgan fingerprint density at radius 2 is 1.95 bits per heavy atom. The van der Waals surface area contributed by atoms with Crippen LogP contribution in [-0.4, -0.2) is 37.2 Å². The minimum Gasteiger partial charge on any atom is -0.497 e. The van der Waals surface area contributed by atoms with Gasteiger partial charge in [0.2, 0.25) is 0 Å². The molecule has 0 N–H and O–H groups in total. The van der Waals surface area contributed by atoms with Crippen molar-refractivity contribution in [3.05, 3.63) is 29.8 Å². The summed E-state index contributed by atoms with van der Waals surface area (Å²) in [5.41, 5.74) is 1.20. The molecule has 1 aromatic rings. The molecule has 2 heterocycles. The van der Waals surface area contributed by atoms with Gasteiger partial charge in [-0.15, -0.1) is 0 Å². The molecule has 2 unspecified atom stereocenters. The van der Waals surface area contributed by atoms with E-state index in [0.29, 0.717) is 0 Å². The molecule has 0 radical (unpaired) electrons. The summed E-state index contributed by atoms with van der Waals surface area (Å²) in [6, 6.07) is 8.31. The van der Waals surface area contributed by atoms with Crippen LogP contribution in [0.25, 0.3) is 0 Å². The third-order valence-electron chi connectivity index (χ3n) is 4.74. The van der Waals surface area contributed by atoms with Crippen LogP contribution in [0.4, 0.5) is 0 Å². The third-order valence-corrected chi connectivity index (χ3v) is 4.74. The zero-order chi connectivity index (χ0) is 15.4. The minimum absolute atomic E-state index is 0.171. The molecule has 0 aromatic heterocycles. The number of hydrogen-bond acceptors (Lipinski definition) is 3. The standard InChI is InChI=1S/C18H25NO3/c1-21-15-10-8-14(9-11-15)16-6-3-2-4-12-19(16)18(20)17-7-5-13-22-17/h8-11,16-17H,2-7,12-13H2,1H3. The summed E-state index contributed by atoms with van der Waals surface area (Å²) in [5.74, 6) is 1.04. The third kappa shape index (κ3) is 3.27. The Hall–Kier alpha value is -1.55. The van der Waals surface area contributed by atoms with Gasteiger partial charge >= 0.3 is 0 Å². The maximum Gasteiger partial charge on any atom is 0.252 e. The number of benzene rings is 1. The molecule has 4 nitrogen and oxygen atoms in total. The van der Waals surface area contributed by atoms with Crippen molar-refractivity contribution in [3.8, 4) is 5.75 Å². The van der Waals surface area contributed by atoms with Crippen LogP contribution in [0, 0.1) is 0 Å². The van der Waals surface area contributed by atoms with E-state index in [9.17, 15) is 4.79 Å². The van der Waals surface area contributed by atoms with Crippen LogP contribution in [0.5, 0.6) is 5.75 Å². The first-order valence-electron chi connectivity index (χ1n) is 8.35. The van der Waals surface area contributed by atoms with Crippen molar-refractivity contribution in [1.29, 1.82) is 0 Å². The van der Waals surface area contributed by atoms with Gasteiger partial charge in [-0.2, -0.15) is 0 Å². The van der Waals surface area contributed by atoms with Gasteiger partial charge in [0.05, 0.1) is 13.2 Å². The van der Waals surface area contributed by atoms with Crippen molar-refractivity contribution >= 4 is 5.91 Å². The molecule has 2 atom stereocenters. The Bertz CT molecular complexity index is 494. The van der Waals surface area contributed by atoms with Crippen molar-refractivity contribution in [3.63, 3.8) is 0 Å². The highest BCUT2D eigenvalue weighted by Gasteiger charge is 2.33. The van der Waals surface area contributed by atoms with E-state index in [-0.39, 0.29) is 18.1 Å². The van der Waals surface area contributed by atoms with Crippen LogP contribution in [-0.2, 0) is 9.53 Å².